The molecule has 0 spiro atoms. The monoisotopic (exact) mass is 303 g/mol. The molecule has 1 atom stereocenters. The van der Waals surface area contributed by atoms with Crippen molar-refractivity contribution < 1.29 is 19.8 Å². The molecule has 8 heteroatoms. The van der Waals surface area contributed by atoms with Gasteiger partial charge in [-0.05, 0) is 17.7 Å². The number of hydrogen-bond acceptors (Lipinski definition) is 5. The third-order valence-corrected chi connectivity index (χ3v) is 2.37. The maximum atomic E-state index is 11.4. The fraction of sp³-hybridized carbons (Fsp3) is 0.417. The third kappa shape index (κ3) is 7.03. The lowest BCUT2D eigenvalue weighted by molar-refractivity contribution is -0.132. The first-order valence-corrected chi connectivity index (χ1v) is 5.85. The van der Waals surface area contributed by atoms with Crippen LogP contribution in [-0.4, -0.2) is 46.3 Å². The summed E-state index contributed by atoms with van der Waals surface area (Å²) in [4.78, 5) is 26.5. The molecular formula is C12H18ClN3O4. The van der Waals surface area contributed by atoms with E-state index in [1.807, 2.05) is 0 Å². The summed E-state index contributed by atoms with van der Waals surface area (Å²) >= 11 is 0. The molecule has 0 aliphatic rings. The van der Waals surface area contributed by atoms with Gasteiger partial charge >= 0.3 is 0 Å². The molecule has 1 rings (SSSR count). The van der Waals surface area contributed by atoms with Gasteiger partial charge in [0, 0.05) is 32.0 Å². The van der Waals surface area contributed by atoms with Gasteiger partial charge < -0.3 is 20.8 Å². The first-order chi connectivity index (χ1) is 9.13. The largest absolute Gasteiger partial charge is 0.396 e. The van der Waals surface area contributed by atoms with Gasteiger partial charge in [-0.25, -0.2) is 0 Å². The summed E-state index contributed by atoms with van der Waals surface area (Å²) in [5.74, 6) is -1.03. The molecule has 20 heavy (non-hydrogen) atoms. The van der Waals surface area contributed by atoms with Crippen molar-refractivity contribution in [2.24, 2.45) is 0 Å². The molecule has 0 radical (unpaired) electrons. The molecule has 0 fully saturated rings. The second kappa shape index (κ2) is 10.1. The lowest BCUT2D eigenvalue weighted by Gasteiger charge is -2.10. The number of rotatable bonds is 7. The molecule has 0 saturated heterocycles. The number of halogens is 1. The number of aliphatic hydroxyl groups excluding tert-OH is 2. The van der Waals surface area contributed by atoms with Crippen molar-refractivity contribution in [1.29, 1.82) is 0 Å². The molecule has 1 heterocycles. The lowest BCUT2D eigenvalue weighted by atomic mass is 10.2. The van der Waals surface area contributed by atoms with Crippen LogP contribution in [0.15, 0.2) is 24.5 Å². The maximum Gasteiger partial charge on any atom is 0.249 e. The zero-order valence-electron chi connectivity index (χ0n) is 10.8. The van der Waals surface area contributed by atoms with E-state index < -0.39 is 12.0 Å². The average Bonchev–Trinajstić information content (AvgIpc) is 2.43. The van der Waals surface area contributed by atoms with Crippen LogP contribution in [0.3, 0.4) is 0 Å². The standard InChI is InChI=1S/C12H17N3O4.ClH/c16-6-3-10(17)12(19)15-8-11(18)14-7-9-1-4-13-5-2-9;/h1-2,4-5,10,16-17H,3,6-8H2,(H,14,18)(H,15,19);1H. The van der Waals surface area contributed by atoms with E-state index in [2.05, 4.69) is 15.6 Å². The number of amides is 2. The van der Waals surface area contributed by atoms with Crippen LogP contribution >= 0.6 is 12.4 Å². The molecule has 2 amide bonds. The summed E-state index contributed by atoms with van der Waals surface area (Å²) in [6.07, 6.45) is 1.89. The zero-order chi connectivity index (χ0) is 14.1. The minimum Gasteiger partial charge on any atom is -0.396 e. The smallest absolute Gasteiger partial charge is 0.249 e. The Kier molecular flexibility index (Phi) is 9.27. The molecular weight excluding hydrogens is 286 g/mol. The van der Waals surface area contributed by atoms with E-state index in [4.69, 9.17) is 5.11 Å². The van der Waals surface area contributed by atoms with Crippen molar-refractivity contribution >= 4 is 24.2 Å². The van der Waals surface area contributed by atoms with Gasteiger partial charge in [-0.15, -0.1) is 12.4 Å². The zero-order valence-corrected chi connectivity index (χ0v) is 11.6. The van der Waals surface area contributed by atoms with Crippen molar-refractivity contribution in [3.63, 3.8) is 0 Å². The highest BCUT2D eigenvalue weighted by Crippen LogP contribution is 1.94. The Balaban J connectivity index is 0.00000361. The summed E-state index contributed by atoms with van der Waals surface area (Å²) in [5, 5.41) is 22.7. The van der Waals surface area contributed by atoms with E-state index in [9.17, 15) is 14.7 Å². The second-order valence-corrected chi connectivity index (χ2v) is 3.88. The van der Waals surface area contributed by atoms with E-state index in [-0.39, 0.29) is 37.9 Å². The number of aliphatic hydroxyl groups is 2. The van der Waals surface area contributed by atoms with Gasteiger partial charge in [0.25, 0.3) is 0 Å². The Morgan fingerprint density at radius 1 is 1.25 bits per heavy atom. The minimum atomic E-state index is -1.29. The van der Waals surface area contributed by atoms with Crippen LogP contribution in [-0.2, 0) is 16.1 Å². The number of pyridine rings is 1. The predicted octanol–water partition coefficient (Wildman–Crippen LogP) is -1.02. The molecule has 0 aliphatic heterocycles. The van der Waals surface area contributed by atoms with Crippen molar-refractivity contribution in [3.8, 4) is 0 Å². The van der Waals surface area contributed by atoms with Crippen LogP contribution in [0, 0.1) is 0 Å². The van der Waals surface area contributed by atoms with Crippen LogP contribution in [0.1, 0.15) is 12.0 Å². The maximum absolute atomic E-state index is 11.4. The summed E-state index contributed by atoms with van der Waals surface area (Å²) in [5.41, 5.74) is 0.898. The number of nitrogens with zero attached hydrogens (tertiary/aromatic N) is 1. The number of carbonyl (C=O) groups excluding carboxylic acids is 2. The molecule has 4 N–H and O–H groups in total. The topological polar surface area (TPSA) is 112 Å². The van der Waals surface area contributed by atoms with Crippen LogP contribution in [0.4, 0.5) is 0 Å². The highest BCUT2D eigenvalue weighted by molar-refractivity contribution is 5.86. The number of aromatic nitrogens is 1. The predicted molar refractivity (Wildman–Crippen MR) is 74.1 cm³/mol. The SMILES string of the molecule is Cl.O=C(CNC(=O)C(O)CCO)NCc1ccncc1. The first kappa shape index (κ1) is 18.3. The molecule has 0 aromatic carbocycles. The van der Waals surface area contributed by atoms with Gasteiger partial charge in [0.05, 0.1) is 6.54 Å². The molecule has 1 aromatic rings. The van der Waals surface area contributed by atoms with Crippen molar-refractivity contribution in [2.75, 3.05) is 13.2 Å². The Labute approximate surface area is 122 Å². The third-order valence-electron chi connectivity index (χ3n) is 2.37. The molecule has 112 valence electrons. The van der Waals surface area contributed by atoms with Crippen LogP contribution in [0.25, 0.3) is 0 Å². The summed E-state index contributed by atoms with van der Waals surface area (Å²) < 4.78 is 0. The number of carbonyl (C=O) groups is 2. The molecule has 1 unspecified atom stereocenters. The minimum absolute atomic E-state index is 0. The fourth-order valence-corrected chi connectivity index (χ4v) is 1.30. The summed E-state index contributed by atoms with van der Waals surface area (Å²) in [7, 11) is 0. The Hall–Kier alpha value is -1.70. The van der Waals surface area contributed by atoms with E-state index in [0.29, 0.717) is 6.54 Å². The summed E-state index contributed by atoms with van der Waals surface area (Å²) in [6.45, 7) is -0.161. The molecule has 0 bridgehead atoms. The van der Waals surface area contributed by atoms with E-state index in [1.165, 1.54) is 0 Å². The van der Waals surface area contributed by atoms with Crippen molar-refractivity contribution in [1.82, 2.24) is 15.6 Å². The van der Waals surface area contributed by atoms with Gasteiger partial charge in [-0.1, -0.05) is 0 Å². The lowest BCUT2D eigenvalue weighted by Crippen LogP contribution is -2.41. The Bertz CT molecular complexity index is 416. The Morgan fingerprint density at radius 2 is 1.90 bits per heavy atom. The van der Waals surface area contributed by atoms with Crippen molar-refractivity contribution in [3.05, 3.63) is 30.1 Å². The molecule has 0 saturated carbocycles. The van der Waals surface area contributed by atoms with E-state index >= 15 is 0 Å². The normalized spacial score (nSPS) is 11.1. The highest BCUT2D eigenvalue weighted by Gasteiger charge is 2.14. The first-order valence-electron chi connectivity index (χ1n) is 5.85. The fourth-order valence-electron chi connectivity index (χ4n) is 1.30. The van der Waals surface area contributed by atoms with Gasteiger partial charge in [-0.2, -0.15) is 0 Å². The molecule has 7 nitrogen and oxygen atoms in total. The second-order valence-electron chi connectivity index (χ2n) is 3.88. The van der Waals surface area contributed by atoms with E-state index in [1.54, 1.807) is 24.5 Å². The van der Waals surface area contributed by atoms with Crippen LogP contribution in [0.5, 0.6) is 0 Å². The summed E-state index contributed by atoms with van der Waals surface area (Å²) in [6, 6.07) is 3.54. The van der Waals surface area contributed by atoms with Crippen molar-refractivity contribution in [2.45, 2.75) is 19.1 Å². The van der Waals surface area contributed by atoms with Gasteiger partial charge in [-0.3, -0.25) is 14.6 Å². The van der Waals surface area contributed by atoms with Gasteiger partial charge in [0.15, 0.2) is 0 Å². The Morgan fingerprint density at radius 3 is 2.50 bits per heavy atom. The number of hydrogen-bond donors (Lipinski definition) is 4. The molecule has 0 aliphatic carbocycles. The van der Waals surface area contributed by atoms with Gasteiger partial charge in [0.1, 0.15) is 6.10 Å². The van der Waals surface area contributed by atoms with Crippen LogP contribution in [0.2, 0.25) is 0 Å². The average molecular weight is 304 g/mol. The van der Waals surface area contributed by atoms with Crippen LogP contribution < -0.4 is 10.6 Å². The molecule has 1 aromatic heterocycles. The van der Waals surface area contributed by atoms with Gasteiger partial charge in [0.2, 0.25) is 11.8 Å². The van der Waals surface area contributed by atoms with E-state index in [0.717, 1.165) is 5.56 Å². The number of nitrogens with one attached hydrogen (secondary N) is 2. The highest BCUT2D eigenvalue weighted by atomic mass is 35.5. The quantitative estimate of drug-likeness (QED) is 0.515.